The molecule has 2 atom stereocenters. The standard InChI is InChI=1S/C23H30O3/c1-3-5-17-22(25,19-13-9-7-10-14-19)21(24)23(26,18-6-4-2)20-15-11-8-12-16-20/h7-16,25-26H,3-6,17-18H2,1-2H3. The van der Waals surface area contributed by atoms with E-state index in [0.717, 1.165) is 12.8 Å². The molecule has 3 heteroatoms. The van der Waals surface area contributed by atoms with Crippen LogP contribution in [0.4, 0.5) is 0 Å². The zero-order valence-electron chi connectivity index (χ0n) is 15.8. The van der Waals surface area contributed by atoms with E-state index in [0.29, 0.717) is 36.8 Å². The van der Waals surface area contributed by atoms with Crippen LogP contribution in [0.1, 0.15) is 63.5 Å². The summed E-state index contributed by atoms with van der Waals surface area (Å²) in [5.41, 5.74) is -2.31. The highest BCUT2D eigenvalue weighted by molar-refractivity contribution is 5.96. The monoisotopic (exact) mass is 354 g/mol. The summed E-state index contributed by atoms with van der Waals surface area (Å²) in [6.07, 6.45) is 3.73. The van der Waals surface area contributed by atoms with E-state index >= 15 is 0 Å². The molecule has 0 fully saturated rings. The number of Topliss-reactive ketones (excluding diaryl/α,β-unsaturated/α-hetero) is 1. The van der Waals surface area contributed by atoms with Crippen LogP contribution in [0, 0.1) is 0 Å². The lowest BCUT2D eigenvalue weighted by atomic mass is 9.73. The van der Waals surface area contributed by atoms with Crippen molar-refractivity contribution in [2.24, 2.45) is 0 Å². The fourth-order valence-corrected chi connectivity index (χ4v) is 3.41. The van der Waals surface area contributed by atoms with E-state index in [9.17, 15) is 15.0 Å². The van der Waals surface area contributed by atoms with Gasteiger partial charge in [-0.05, 0) is 24.0 Å². The van der Waals surface area contributed by atoms with Crippen molar-refractivity contribution < 1.29 is 15.0 Å². The number of rotatable bonds is 10. The van der Waals surface area contributed by atoms with E-state index in [1.165, 1.54) is 0 Å². The third kappa shape index (κ3) is 4.22. The smallest absolute Gasteiger partial charge is 0.204 e. The van der Waals surface area contributed by atoms with Crippen LogP contribution in [0.3, 0.4) is 0 Å². The van der Waals surface area contributed by atoms with Crippen molar-refractivity contribution in [1.29, 1.82) is 0 Å². The number of benzene rings is 2. The second-order valence-corrected chi connectivity index (χ2v) is 6.99. The highest BCUT2D eigenvalue weighted by Gasteiger charge is 2.49. The first-order valence-electron chi connectivity index (χ1n) is 9.59. The predicted octanol–water partition coefficient (Wildman–Crippen LogP) is 4.71. The summed E-state index contributed by atoms with van der Waals surface area (Å²) in [5, 5.41) is 22.9. The Morgan fingerprint density at radius 3 is 1.38 bits per heavy atom. The summed E-state index contributed by atoms with van der Waals surface area (Å²) in [7, 11) is 0. The minimum absolute atomic E-state index is 0.299. The first kappa shape index (κ1) is 20.3. The van der Waals surface area contributed by atoms with Crippen LogP contribution in [-0.2, 0) is 16.0 Å². The van der Waals surface area contributed by atoms with Crippen molar-refractivity contribution in [3.63, 3.8) is 0 Å². The molecule has 3 nitrogen and oxygen atoms in total. The van der Waals surface area contributed by atoms with Crippen LogP contribution >= 0.6 is 0 Å². The van der Waals surface area contributed by atoms with Gasteiger partial charge in [-0.15, -0.1) is 0 Å². The molecule has 0 aliphatic heterocycles. The molecule has 0 aliphatic carbocycles. The second kappa shape index (κ2) is 9.11. The molecule has 0 saturated heterocycles. The molecule has 0 saturated carbocycles. The lowest BCUT2D eigenvalue weighted by Crippen LogP contribution is -2.49. The van der Waals surface area contributed by atoms with Crippen LogP contribution < -0.4 is 0 Å². The average Bonchev–Trinajstić information content (AvgIpc) is 2.71. The van der Waals surface area contributed by atoms with Gasteiger partial charge < -0.3 is 10.2 Å². The fourth-order valence-electron chi connectivity index (χ4n) is 3.41. The van der Waals surface area contributed by atoms with E-state index in [1.807, 2.05) is 50.2 Å². The maximum Gasteiger partial charge on any atom is 0.204 e. The molecule has 0 amide bonds. The quantitative estimate of drug-likeness (QED) is 0.649. The van der Waals surface area contributed by atoms with Crippen molar-refractivity contribution in [2.45, 2.75) is 63.6 Å². The Balaban J connectivity index is 2.52. The molecule has 2 N–H and O–H groups in total. The Morgan fingerprint density at radius 2 is 1.08 bits per heavy atom. The molecule has 0 spiro atoms. The van der Waals surface area contributed by atoms with Gasteiger partial charge in [-0.3, -0.25) is 4.79 Å². The van der Waals surface area contributed by atoms with Gasteiger partial charge in [-0.2, -0.15) is 0 Å². The number of hydrogen-bond donors (Lipinski definition) is 2. The largest absolute Gasteiger partial charge is 0.377 e. The molecule has 2 unspecified atom stereocenters. The van der Waals surface area contributed by atoms with Gasteiger partial charge in [0.15, 0.2) is 11.2 Å². The van der Waals surface area contributed by atoms with Gasteiger partial charge in [0.25, 0.3) is 0 Å². The van der Waals surface area contributed by atoms with Gasteiger partial charge >= 0.3 is 0 Å². The normalized spacial score (nSPS) is 15.8. The predicted molar refractivity (Wildman–Crippen MR) is 105 cm³/mol. The maximum atomic E-state index is 13.6. The van der Waals surface area contributed by atoms with Crippen LogP contribution in [0.25, 0.3) is 0 Å². The summed E-state index contributed by atoms with van der Waals surface area (Å²) in [6.45, 7) is 4.05. The van der Waals surface area contributed by atoms with Crippen molar-refractivity contribution in [3.8, 4) is 0 Å². The lowest BCUT2D eigenvalue weighted by Gasteiger charge is -2.37. The number of unbranched alkanes of at least 4 members (excludes halogenated alkanes) is 2. The average molecular weight is 354 g/mol. The molecule has 140 valence electrons. The maximum absolute atomic E-state index is 13.6. The number of aliphatic hydroxyl groups is 2. The van der Waals surface area contributed by atoms with E-state index in [-0.39, 0.29) is 0 Å². The molecular weight excluding hydrogens is 324 g/mol. The van der Waals surface area contributed by atoms with Crippen molar-refractivity contribution in [3.05, 3.63) is 71.8 Å². The molecule has 2 aromatic carbocycles. The summed E-state index contributed by atoms with van der Waals surface area (Å²) >= 11 is 0. The van der Waals surface area contributed by atoms with E-state index in [4.69, 9.17) is 0 Å². The highest BCUT2D eigenvalue weighted by atomic mass is 16.3. The molecule has 2 rings (SSSR count). The zero-order chi connectivity index (χ0) is 19.0. The first-order chi connectivity index (χ1) is 12.5. The molecule has 26 heavy (non-hydrogen) atoms. The first-order valence-corrected chi connectivity index (χ1v) is 9.59. The summed E-state index contributed by atoms with van der Waals surface area (Å²) in [4.78, 5) is 13.6. The number of hydrogen-bond acceptors (Lipinski definition) is 3. The number of ketones is 1. The summed E-state index contributed by atoms with van der Waals surface area (Å²) < 4.78 is 0. The molecule has 0 aliphatic rings. The van der Waals surface area contributed by atoms with Crippen LogP contribution in [0.2, 0.25) is 0 Å². The number of carbonyl (C=O) groups excluding carboxylic acids is 1. The zero-order valence-corrected chi connectivity index (χ0v) is 15.8. The molecular formula is C23H30O3. The van der Waals surface area contributed by atoms with Crippen LogP contribution in [-0.4, -0.2) is 16.0 Å². The summed E-state index contributed by atoms with van der Waals surface area (Å²) in [5.74, 6) is -0.524. The van der Waals surface area contributed by atoms with E-state index < -0.39 is 17.0 Å². The van der Waals surface area contributed by atoms with Crippen molar-refractivity contribution >= 4 is 5.78 Å². The van der Waals surface area contributed by atoms with E-state index in [2.05, 4.69) is 0 Å². The Labute approximate surface area is 156 Å². The van der Waals surface area contributed by atoms with E-state index in [1.54, 1.807) is 24.3 Å². The molecule has 0 heterocycles. The minimum Gasteiger partial charge on any atom is -0.377 e. The van der Waals surface area contributed by atoms with Gasteiger partial charge in [0.2, 0.25) is 5.78 Å². The second-order valence-electron chi connectivity index (χ2n) is 6.99. The SMILES string of the molecule is CCCCC(O)(C(=O)C(O)(CCCC)c1ccccc1)c1ccccc1. The Kier molecular flexibility index (Phi) is 7.13. The topological polar surface area (TPSA) is 57.5 Å². The minimum atomic E-state index is -1.70. The Bertz CT molecular complexity index is 624. The Morgan fingerprint density at radius 1 is 0.731 bits per heavy atom. The van der Waals surface area contributed by atoms with Crippen LogP contribution in [0.15, 0.2) is 60.7 Å². The van der Waals surface area contributed by atoms with Gasteiger partial charge in [-0.1, -0.05) is 100 Å². The highest BCUT2D eigenvalue weighted by Crippen LogP contribution is 2.39. The molecule has 0 aromatic heterocycles. The fraction of sp³-hybridized carbons (Fsp3) is 0.435. The van der Waals surface area contributed by atoms with Crippen molar-refractivity contribution in [2.75, 3.05) is 0 Å². The van der Waals surface area contributed by atoms with Gasteiger partial charge in [0.05, 0.1) is 0 Å². The molecule has 2 aromatic rings. The molecule has 0 bridgehead atoms. The molecule has 0 radical (unpaired) electrons. The number of carbonyl (C=O) groups is 1. The lowest BCUT2D eigenvalue weighted by molar-refractivity contribution is -0.161. The summed E-state index contributed by atoms with van der Waals surface area (Å²) in [6, 6.07) is 18.0. The van der Waals surface area contributed by atoms with Gasteiger partial charge in [-0.25, -0.2) is 0 Å². The van der Waals surface area contributed by atoms with Gasteiger partial charge in [0, 0.05) is 0 Å². The third-order valence-electron chi connectivity index (χ3n) is 5.04. The third-order valence-corrected chi connectivity index (χ3v) is 5.04. The van der Waals surface area contributed by atoms with Crippen molar-refractivity contribution in [1.82, 2.24) is 0 Å². The van der Waals surface area contributed by atoms with Crippen LogP contribution in [0.5, 0.6) is 0 Å². The van der Waals surface area contributed by atoms with Gasteiger partial charge in [0.1, 0.15) is 0 Å². The Hall–Kier alpha value is -1.97.